The molecule has 0 unspecified atom stereocenters. The zero-order valence-electron chi connectivity index (χ0n) is 13.1. The van der Waals surface area contributed by atoms with Crippen molar-refractivity contribution in [3.05, 3.63) is 89.5 Å². The van der Waals surface area contributed by atoms with Gasteiger partial charge in [-0.15, -0.1) is 0 Å². The minimum Gasteiger partial charge on any atom is -0.425 e. The maximum atomic E-state index is 12.3. The minimum atomic E-state index is -1.19. The lowest BCUT2D eigenvalue weighted by Crippen LogP contribution is -2.41. The van der Waals surface area contributed by atoms with Gasteiger partial charge in [-0.05, 0) is 13.0 Å². The van der Waals surface area contributed by atoms with E-state index in [9.17, 15) is 4.79 Å². The smallest absolute Gasteiger partial charge is 0.333 e. The second kappa shape index (κ2) is 5.45. The predicted octanol–water partition coefficient (Wildman–Crippen LogP) is 2.91. The van der Waals surface area contributed by atoms with Gasteiger partial charge < -0.3 is 4.74 Å². The van der Waals surface area contributed by atoms with Gasteiger partial charge in [0.25, 0.3) is 5.72 Å². The number of fused-ring (bicyclic) bond motifs is 1. The minimum absolute atomic E-state index is 0.437. The van der Waals surface area contributed by atoms with Gasteiger partial charge in [0.2, 0.25) is 0 Å². The second-order valence-electron chi connectivity index (χ2n) is 5.56. The SMILES string of the molecule is Cc1nc2n(n1)C(c1ccccc1)(c1ccccc1)OC(=O)C=C2. The number of hydrogen-bond donors (Lipinski definition) is 0. The van der Waals surface area contributed by atoms with E-state index < -0.39 is 11.7 Å². The number of nitrogens with zero attached hydrogens (tertiary/aromatic N) is 3. The zero-order valence-corrected chi connectivity index (χ0v) is 13.1. The van der Waals surface area contributed by atoms with E-state index in [1.54, 1.807) is 10.8 Å². The van der Waals surface area contributed by atoms with Gasteiger partial charge in [-0.2, -0.15) is 9.78 Å². The highest BCUT2D eigenvalue weighted by Gasteiger charge is 2.44. The molecule has 3 aromatic rings. The van der Waals surface area contributed by atoms with Crippen molar-refractivity contribution >= 4 is 12.0 Å². The first-order valence-electron chi connectivity index (χ1n) is 7.66. The van der Waals surface area contributed by atoms with Crippen LogP contribution in [0.5, 0.6) is 0 Å². The van der Waals surface area contributed by atoms with Crippen LogP contribution in [0.3, 0.4) is 0 Å². The van der Waals surface area contributed by atoms with E-state index in [-0.39, 0.29) is 0 Å². The van der Waals surface area contributed by atoms with Crippen LogP contribution >= 0.6 is 0 Å². The van der Waals surface area contributed by atoms with Gasteiger partial charge in [-0.3, -0.25) is 0 Å². The van der Waals surface area contributed by atoms with E-state index in [0.717, 1.165) is 11.1 Å². The van der Waals surface area contributed by atoms with Gasteiger partial charge in [0, 0.05) is 17.2 Å². The molecule has 0 saturated heterocycles. The van der Waals surface area contributed by atoms with Crippen LogP contribution in [0.15, 0.2) is 66.7 Å². The molecule has 5 nitrogen and oxygen atoms in total. The van der Waals surface area contributed by atoms with Crippen LogP contribution in [0.4, 0.5) is 0 Å². The maximum Gasteiger partial charge on any atom is 0.333 e. The Balaban J connectivity index is 2.09. The van der Waals surface area contributed by atoms with Crippen molar-refractivity contribution in [1.29, 1.82) is 0 Å². The Morgan fingerprint density at radius 3 is 2.08 bits per heavy atom. The Bertz CT molecular complexity index is 875. The highest BCUT2D eigenvalue weighted by molar-refractivity contribution is 5.88. The van der Waals surface area contributed by atoms with Crippen molar-refractivity contribution in [3.8, 4) is 0 Å². The lowest BCUT2D eigenvalue weighted by molar-refractivity contribution is -0.154. The quantitative estimate of drug-likeness (QED) is 0.682. The number of ether oxygens (including phenoxy) is 1. The molecule has 1 aromatic heterocycles. The number of aromatic nitrogens is 3. The molecule has 0 radical (unpaired) electrons. The number of benzene rings is 2. The third-order valence-corrected chi connectivity index (χ3v) is 3.98. The van der Waals surface area contributed by atoms with E-state index in [4.69, 9.17) is 4.74 Å². The van der Waals surface area contributed by atoms with Crippen molar-refractivity contribution in [3.63, 3.8) is 0 Å². The summed E-state index contributed by atoms with van der Waals surface area (Å²) < 4.78 is 7.62. The van der Waals surface area contributed by atoms with Crippen molar-refractivity contribution in [2.45, 2.75) is 12.6 Å². The topological polar surface area (TPSA) is 57.0 Å². The van der Waals surface area contributed by atoms with Gasteiger partial charge >= 0.3 is 5.97 Å². The zero-order chi connectivity index (χ0) is 16.6. The van der Waals surface area contributed by atoms with E-state index in [2.05, 4.69) is 10.1 Å². The van der Waals surface area contributed by atoms with Crippen LogP contribution in [0.2, 0.25) is 0 Å². The second-order valence-corrected chi connectivity index (χ2v) is 5.56. The van der Waals surface area contributed by atoms with Crippen LogP contribution in [0, 0.1) is 6.92 Å². The monoisotopic (exact) mass is 317 g/mol. The van der Waals surface area contributed by atoms with E-state index in [1.807, 2.05) is 67.6 Å². The van der Waals surface area contributed by atoms with Crippen molar-refractivity contribution < 1.29 is 9.53 Å². The number of carbonyl (C=O) groups is 1. The number of hydrogen-bond acceptors (Lipinski definition) is 4. The summed E-state index contributed by atoms with van der Waals surface area (Å²) >= 11 is 0. The van der Waals surface area contributed by atoms with Crippen LogP contribution in [-0.2, 0) is 15.3 Å². The lowest BCUT2D eigenvalue weighted by Gasteiger charge is -2.33. The molecule has 2 aromatic carbocycles. The van der Waals surface area contributed by atoms with E-state index in [1.165, 1.54) is 6.08 Å². The molecule has 0 aliphatic carbocycles. The molecular formula is C19H15N3O2. The summed E-state index contributed by atoms with van der Waals surface area (Å²) in [5.74, 6) is 0.752. The van der Waals surface area contributed by atoms with Crippen LogP contribution < -0.4 is 0 Å². The van der Waals surface area contributed by atoms with Gasteiger partial charge in [0.15, 0.2) is 5.82 Å². The summed E-state index contributed by atoms with van der Waals surface area (Å²) in [4.78, 5) is 16.7. The third kappa shape index (κ3) is 2.13. The fourth-order valence-corrected chi connectivity index (χ4v) is 2.99. The average molecular weight is 317 g/mol. The summed E-state index contributed by atoms with van der Waals surface area (Å²) in [6, 6.07) is 19.2. The van der Waals surface area contributed by atoms with Gasteiger partial charge in [0.1, 0.15) is 5.82 Å². The first-order valence-corrected chi connectivity index (χ1v) is 7.66. The Kier molecular flexibility index (Phi) is 3.27. The van der Waals surface area contributed by atoms with Crippen molar-refractivity contribution in [1.82, 2.24) is 14.8 Å². The standard InChI is InChI=1S/C19H15N3O2/c1-14-20-17-12-13-18(23)24-19(22(17)21-14,15-8-4-2-5-9-15)16-10-6-3-7-11-16/h2-13H,1H3. The summed E-state index contributed by atoms with van der Waals surface area (Å²) in [5.41, 5.74) is 0.415. The molecule has 1 aliphatic heterocycles. The van der Waals surface area contributed by atoms with E-state index >= 15 is 0 Å². The molecule has 0 spiro atoms. The van der Waals surface area contributed by atoms with Crippen LogP contribution in [-0.4, -0.2) is 20.7 Å². The predicted molar refractivity (Wildman–Crippen MR) is 88.9 cm³/mol. The first kappa shape index (κ1) is 14.4. The number of esters is 1. The largest absolute Gasteiger partial charge is 0.425 e. The molecule has 0 bridgehead atoms. The van der Waals surface area contributed by atoms with Crippen LogP contribution in [0.1, 0.15) is 22.8 Å². The van der Waals surface area contributed by atoms with Gasteiger partial charge in [0.05, 0.1) is 0 Å². The molecule has 5 heteroatoms. The summed E-state index contributed by atoms with van der Waals surface area (Å²) in [7, 11) is 0. The van der Waals surface area contributed by atoms with E-state index in [0.29, 0.717) is 11.6 Å². The number of aryl methyl sites for hydroxylation is 1. The number of cyclic esters (lactones) is 1. The van der Waals surface area contributed by atoms with Crippen molar-refractivity contribution in [2.75, 3.05) is 0 Å². The molecule has 1 aliphatic rings. The van der Waals surface area contributed by atoms with Crippen LogP contribution in [0.25, 0.3) is 6.08 Å². The molecule has 0 fully saturated rings. The molecule has 0 N–H and O–H groups in total. The molecule has 0 amide bonds. The Labute approximate surface area is 139 Å². The highest BCUT2D eigenvalue weighted by Crippen LogP contribution is 2.37. The molecule has 4 rings (SSSR count). The molecule has 2 heterocycles. The Morgan fingerprint density at radius 2 is 1.50 bits per heavy atom. The van der Waals surface area contributed by atoms with Gasteiger partial charge in [-0.1, -0.05) is 60.7 Å². The molecule has 0 saturated carbocycles. The number of rotatable bonds is 2. The fraction of sp³-hybridized carbons (Fsp3) is 0.105. The normalized spacial score (nSPS) is 15.5. The number of carbonyl (C=O) groups excluding carboxylic acids is 1. The third-order valence-electron chi connectivity index (χ3n) is 3.98. The summed E-state index contributed by atoms with van der Waals surface area (Å²) in [5, 5.41) is 4.53. The Morgan fingerprint density at radius 1 is 0.917 bits per heavy atom. The summed E-state index contributed by atoms with van der Waals surface area (Å²) in [6.45, 7) is 1.82. The highest BCUT2D eigenvalue weighted by atomic mass is 16.6. The first-order chi connectivity index (χ1) is 11.7. The molecular weight excluding hydrogens is 302 g/mol. The van der Waals surface area contributed by atoms with Crippen molar-refractivity contribution in [2.24, 2.45) is 0 Å². The lowest BCUT2D eigenvalue weighted by atomic mass is 9.94. The van der Waals surface area contributed by atoms with Gasteiger partial charge in [-0.25, -0.2) is 9.78 Å². The summed E-state index contributed by atoms with van der Waals surface area (Å²) in [6.07, 6.45) is 3.02. The average Bonchev–Trinajstić information content (AvgIpc) is 2.94. The molecule has 118 valence electrons. The molecule has 0 atom stereocenters. The maximum absolute atomic E-state index is 12.3. The fourth-order valence-electron chi connectivity index (χ4n) is 2.99. The molecule has 24 heavy (non-hydrogen) atoms. The Hall–Kier alpha value is -3.21.